The van der Waals surface area contributed by atoms with Crippen molar-refractivity contribution in [1.29, 1.82) is 0 Å². The average molecular weight is 259 g/mol. The fourth-order valence-electron chi connectivity index (χ4n) is 3.59. The largest absolute Gasteiger partial charge is 0.368 e. The molecule has 0 aromatic carbocycles. The van der Waals surface area contributed by atoms with E-state index in [9.17, 15) is 0 Å². The molecular weight excluding hydrogens is 238 g/mol. The Bertz CT molecular complexity index is 473. The summed E-state index contributed by atoms with van der Waals surface area (Å²) < 4.78 is 0. The van der Waals surface area contributed by atoms with E-state index in [1.807, 2.05) is 0 Å². The summed E-state index contributed by atoms with van der Waals surface area (Å²) in [6.07, 6.45) is 3.83. The fraction of sp³-hybridized carbons (Fsp3) is 0.714. The van der Waals surface area contributed by atoms with E-state index < -0.39 is 0 Å². The molecule has 19 heavy (non-hydrogen) atoms. The van der Waals surface area contributed by atoms with Crippen LogP contribution in [0.1, 0.15) is 30.9 Å². The molecule has 3 aliphatic rings. The molecule has 0 amide bonds. The van der Waals surface area contributed by atoms with Gasteiger partial charge < -0.3 is 16.0 Å². The highest BCUT2D eigenvalue weighted by Crippen LogP contribution is 2.37. The first-order valence-corrected chi connectivity index (χ1v) is 7.40. The molecule has 1 aromatic heterocycles. The molecule has 2 aliphatic heterocycles. The molecular formula is C14H21N5. The van der Waals surface area contributed by atoms with Crippen LogP contribution in [0.5, 0.6) is 0 Å². The van der Waals surface area contributed by atoms with Gasteiger partial charge in [0, 0.05) is 38.2 Å². The van der Waals surface area contributed by atoms with Crippen molar-refractivity contribution in [2.24, 2.45) is 11.8 Å². The first-order chi connectivity index (χ1) is 9.29. The predicted molar refractivity (Wildman–Crippen MR) is 75.1 cm³/mol. The lowest BCUT2D eigenvalue weighted by Crippen LogP contribution is -2.27. The van der Waals surface area contributed by atoms with Gasteiger partial charge in [0.15, 0.2) is 0 Å². The number of nitrogen functional groups attached to an aromatic ring is 1. The zero-order valence-electron chi connectivity index (χ0n) is 11.2. The standard InChI is InChI=1S/C14H21N5/c15-14-17-12(9-2-1-3-9)4-13(18-14)19-7-10-5-16-6-11(10)8-19/h4,9-11,16H,1-3,5-8H2,(H2,15,17,18). The van der Waals surface area contributed by atoms with Gasteiger partial charge in [-0.1, -0.05) is 6.42 Å². The first-order valence-electron chi connectivity index (χ1n) is 7.40. The summed E-state index contributed by atoms with van der Waals surface area (Å²) in [7, 11) is 0. The topological polar surface area (TPSA) is 67.1 Å². The van der Waals surface area contributed by atoms with Gasteiger partial charge in [0.2, 0.25) is 5.95 Å². The van der Waals surface area contributed by atoms with E-state index in [0.717, 1.165) is 49.5 Å². The summed E-state index contributed by atoms with van der Waals surface area (Å²) in [6, 6.07) is 2.18. The van der Waals surface area contributed by atoms with Gasteiger partial charge in [-0.2, -0.15) is 4.98 Å². The summed E-state index contributed by atoms with van der Waals surface area (Å²) in [4.78, 5) is 11.3. The number of rotatable bonds is 2. The first kappa shape index (κ1) is 11.5. The third kappa shape index (κ3) is 1.96. The van der Waals surface area contributed by atoms with E-state index in [4.69, 9.17) is 5.73 Å². The summed E-state index contributed by atoms with van der Waals surface area (Å²) in [5.41, 5.74) is 7.05. The van der Waals surface area contributed by atoms with Crippen molar-refractivity contribution in [3.05, 3.63) is 11.8 Å². The molecule has 0 spiro atoms. The lowest BCUT2D eigenvalue weighted by Gasteiger charge is -2.26. The number of hydrogen-bond acceptors (Lipinski definition) is 5. The predicted octanol–water partition coefficient (Wildman–Crippen LogP) is 0.982. The van der Waals surface area contributed by atoms with Gasteiger partial charge in [0.05, 0.1) is 5.69 Å². The van der Waals surface area contributed by atoms with Crippen molar-refractivity contribution in [2.75, 3.05) is 36.8 Å². The van der Waals surface area contributed by atoms with Gasteiger partial charge in [0.1, 0.15) is 5.82 Å². The van der Waals surface area contributed by atoms with Crippen molar-refractivity contribution in [2.45, 2.75) is 25.2 Å². The van der Waals surface area contributed by atoms with E-state index in [-0.39, 0.29) is 0 Å². The summed E-state index contributed by atoms with van der Waals surface area (Å²) in [5, 5.41) is 3.47. The maximum atomic E-state index is 5.90. The van der Waals surface area contributed by atoms with Crippen molar-refractivity contribution in [3.8, 4) is 0 Å². The number of fused-ring (bicyclic) bond motifs is 1. The van der Waals surface area contributed by atoms with Gasteiger partial charge in [-0.25, -0.2) is 4.98 Å². The monoisotopic (exact) mass is 259 g/mol. The Balaban J connectivity index is 1.58. The number of nitrogens with two attached hydrogens (primary N) is 1. The smallest absolute Gasteiger partial charge is 0.222 e. The van der Waals surface area contributed by atoms with Crippen molar-refractivity contribution in [3.63, 3.8) is 0 Å². The van der Waals surface area contributed by atoms with Gasteiger partial charge in [-0.05, 0) is 24.7 Å². The second kappa shape index (κ2) is 4.34. The lowest BCUT2D eigenvalue weighted by molar-refractivity contribution is 0.411. The highest BCUT2D eigenvalue weighted by atomic mass is 15.2. The molecule has 2 unspecified atom stereocenters. The Morgan fingerprint density at radius 1 is 1.16 bits per heavy atom. The maximum absolute atomic E-state index is 5.90. The molecule has 3 N–H and O–H groups in total. The Morgan fingerprint density at radius 2 is 1.89 bits per heavy atom. The van der Waals surface area contributed by atoms with Gasteiger partial charge >= 0.3 is 0 Å². The van der Waals surface area contributed by atoms with E-state index in [2.05, 4.69) is 26.3 Å². The normalized spacial score (nSPS) is 30.4. The van der Waals surface area contributed by atoms with E-state index in [0.29, 0.717) is 11.9 Å². The summed E-state index contributed by atoms with van der Waals surface area (Å²) >= 11 is 0. The highest BCUT2D eigenvalue weighted by Gasteiger charge is 2.37. The molecule has 3 fully saturated rings. The quantitative estimate of drug-likeness (QED) is 0.829. The number of anilines is 2. The van der Waals surface area contributed by atoms with Crippen LogP contribution in [0.2, 0.25) is 0 Å². The molecule has 1 aliphatic carbocycles. The Morgan fingerprint density at radius 3 is 2.53 bits per heavy atom. The van der Waals surface area contributed by atoms with Crippen LogP contribution in [0.4, 0.5) is 11.8 Å². The van der Waals surface area contributed by atoms with Crippen molar-refractivity contribution in [1.82, 2.24) is 15.3 Å². The van der Waals surface area contributed by atoms with Crippen LogP contribution >= 0.6 is 0 Å². The number of aromatic nitrogens is 2. The van der Waals surface area contributed by atoms with E-state index in [1.54, 1.807) is 0 Å². The van der Waals surface area contributed by atoms with Crippen molar-refractivity contribution >= 4 is 11.8 Å². The molecule has 2 saturated heterocycles. The second-order valence-corrected chi connectivity index (χ2v) is 6.22. The third-order valence-electron chi connectivity index (χ3n) is 4.99. The van der Waals surface area contributed by atoms with Crippen LogP contribution in [-0.4, -0.2) is 36.1 Å². The number of nitrogens with one attached hydrogen (secondary N) is 1. The lowest BCUT2D eigenvalue weighted by atomic mass is 9.83. The molecule has 102 valence electrons. The zero-order chi connectivity index (χ0) is 12.8. The molecule has 0 radical (unpaired) electrons. The fourth-order valence-corrected chi connectivity index (χ4v) is 3.59. The highest BCUT2D eigenvalue weighted by molar-refractivity contribution is 5.46. The Kier molecular flexibility index (Phi) is 2.62. The summed E-state index contributed by atoms with van der Waals surface area (Å²) in [5.74, 6) is 3.66. The van der Waals surface area contributed by atoms with Crippen LogP contribution in [0.15, 0.2) is 6.07 Å². The van der Waals surface area contributed by atoms with E-state index in [1.165, 1.54) is 19.3 Å². The Labute approximate surface area is 113 Å². The molecule has 1 saturated carbocycles. The minimum absolute atomic E-state index is 0.439. The third-order valence-corrected chi connectivity index (χ3v) is 4.99. The molecule has 4 rings (SSSR count). The van der Waals surface area contributed by atoms with Crippen LogP contribution in [0.25, 0.3) is 0 Å². The molecule has 2 atom stereocenters. The molecule has 1 aromatic rings. The van der Waals surface area contributed by atoms with Gasteiger partial charge in [-0.15, -0.1) is 0 Å². The molecule has 3 heterocycles. The minimum Gasteiger partial charge on any atom is -0.368 e. The molecule has 5 heteroatoms. The van der Waals surface area contributed by atoms with Gasteiger partial charge in [-0.3, -0.25) is 0 Å². The SMILES string of the molecule is Nc1nc(C2CCC2)cc(N2CC3CNCC3C2)n1. The van der Waals surface area contributed by atoms with Gasteiger partial charge in [0.25, 0.3) is 0 Å². The molecule has 5 nitrogen and oxygen atoms in total. The summed E-state index contributed by atoms with van der Waals surface area (Å²) in [6.45, 7) is 4.52. The van der Waals surface area contributed by atoms with Crippen LogP contribution < -0.4 is 16.0 Å². The average Bonchev–Trinajstić information content (AvgIpc) is 2.85. The van der Waals surface area contributed by atoms with Crippen LogP contribution in [0.3, 0.4) is 0 Å². The van der Waals surface area contributed by atoms with Crippen molar-refractivity contribution < 1.29 is 0 Å². The van der Waals surface area contributed by atoms with E-state index >= 15 is 0 Å². The second-order valence-electron chi connectivity index (χ2n) is 6.22. The number of hydrogen-bond donors (Lipinski definition) is 2. The maximum Gasteiger partial charge on any atom is 0.222 e. The van der Waals surface area contributed by atoms with Crippen LogP contribution in [0, 0.1) is 11.8 Å². The Hall–Kier alpha value is -1.36. The minimum atomic E-state index is 0.439. The molecule has 0 bridgehead atoms. The van der Waals surface area contributed by atoms with Crippen LogP contribution in [-0.2, 0) is 0 Å². The number of nitrogens with zero attached hydrogens (tertiary/aromatic N) is 3. The zero-order valence-corrected chi connectivity index (χ0v) is 11.2.